The number of rotatable bonds is 5. The zero-order valence-electron chi connectivity index (χ0n) is 16.2. The lowest BCUT2D eigenvalue weighted by atomic mass is 10.1. The van der Waals surface area contributed by atoms with E-state index in [-0.39, 0.29) is 10.6 Å². The molecule has 1 aliphatic rings. The number of benzene rings is 3. The molecule has 0 atom stereocenters. The Labute approximate surface area is 175 Å². The first kappa shape index (κ1) is 20.2. The number of sulfonamides is 1. The first-order chi connectivity index (χ1) is 14.5. The number of phenolic OH excluding ortho intramolecular Hbond substituents is 1. The molecule has 0 aromatic heterocycles. The monoisotopic (exact) mass is 423 g/mol. The van der Waals surface area contributed by atoms with Crippen LogP contribution in [0.2, 0.25) is 0 Å². The van der Waals surface area contributed by atoms with E-state index in [1.807, 2.05) is 36.4 Å². The van der Waals surface area contributed by atoms with Gasteiger partial charge in [0.1, 0.15) is 11.4 Å². The van der Waals surface area contributed by atoms with Crippen LogP contribution in [-0.4, -0.2) is 44.1 Å². The van der Waals surface area contributed by atoms with Crippen LogP contribution < -0.4 is 0 Å². The predicted molar refractivity (Wildman–Crippen MR) is 114 cm³/mol. The summed E-state index contributed by atoms with van der Waals surface area (Å²) in [7, 11) is -3.55. The number of morpholine rings is 1. The van der Waals surface area contributed by atoms with Crippen molar-refractivity contribution in [3.05, 3.63) is 72.8 Å². The molecular weight excluding hydrogens is 402 g/mol. The third-order valence-electron chi connectivity index (χ3n) is 4.80. The molecule has 0 unspecified atom stereocenters. The Balaban J connectivity index is 1.54. The first-order valence-corrected chi connectivity index (χ1v) is 11.0. The second-order valence-corrected chi connectivity index (χ2v) is 8.72. The summed E-state index contributed by atoms with van der Waals surface area (Å²) < 4.78 is 32.0. The van der Waals surface area contributed by atoms with Crippen molar-refractivity contribution in [3.63, 3.8) is 0 Å². The number of nitrogens with zero attached hydrogens (tertiary/aromatic N) is 3. The molecule has 0 radical (unpaired) electrons. The Bertz CT molecular complexity index is 1140. The fraction of sp³-hybridized carbons (Fsp3) is 0.182. The quantitative estimate of drug-likeness (QED) is 0.612. The van der Waals surface area contributed by atoms with Crippen LogP contribution in [0.4, 0.5) is 11.4 Å². The molecule has 0 aliphatic carbocycles. The van der Waals surface area contributed by atoms with Crippen LogP contribution >= 0.6 is 0 Å². The molecule has 1 aliphatic heterocycles. The molecule has 0 spiro atoms. The fourth-order valence-electron chi connectivity index (χ4n) is 3.15. The van der Waals surface area contributed by atoms with Crippen molar-refractivity contribution in [2.75, 3.05) is 26.3 Å². The lowest BCUT2D eigenvalue weighted by molar-refractivity contribution is 0.0730. The fourth-order valence-corrected chi connectivity index (χ4v) is 4.55. The van der Waals surface area contributed by atoms with Crippen LogP contribution in [0.15, 0.2) is 87.9 Å². The molecule has 1 heterocycles. The van der Waals surface area contributed by atoms with Gasteiger partial charge >= 0.3 is 0 Å². The van der Waals surface area contributed by atoms with Crippen LogP contribution in [0.3, 0.4) is 0 Å². The van der Waals surface area contributed by atoms with Gasteiger partial charge in [-0.25, -0.2) is 8.42 Å². The normalized spacial score (nSPS) is 15.5. The van der Waals surface area contributed by atoms with E-state index >= 15 is 0 Å². The van der Waals surface area contributed by atoms with Gasteiger partial charge in [-0.2, -0.15) is 9.42 Å². The van der Waals surface area contributed by atoms with E-state index in [1.54, 1.807) is 24.3 Å². The summed E-state index contributed by atoms with van der Waals surface area (Å²) >= 11 is 0. The Morgan fingerprint density at radius 3 is 2.23 bits per heavy atom. The maximum absolute atomic E-state index is 12.7. The third kappa shape index (κ3) is 4.40. The minimum Gasteiger partial charge on any atom is -0.506 e. The molecule has 3 aromatic carbocycles. The van der Waals surface area contributed by atoms with Crippen molar-refractivity contribution in [1.29, 1.82) is 0 Å². The van der Waals surface area contributed by atoms with E-state index in [4.69, 9.17) is 4.74 Å². The Morgan fingerprint density at radius 1 is 0.833 bits per heavy atom. The maximum Gasteiger partial charge on any atom is 0.243 e. The molecule has 8 heteroatoms. The van der Waals surface area contributed by atoms with Gasteiger partial charge in [-0.3, -0.25) is 0 Å². The first-order valence-electron chi connectivity index (χ1n) is 9.52. The minimum atomic E-state index is -3.55. The SMILES string of the molecule is O=S(=O)(c1ccc(N=Nc2cc(-c3ccccc3)ccc2O)cc1)N1CCOCC1. The summed E-state index contributed by atoms with van der Waals surface area (Å²) in [6.45, 7) is 1.50. The van der Waals surface area contributed by atoms with Gasteiger partial charge in [-0.15, -0.1) is 5.11 Å². The van der Waals surface area contributed by atoms with E-state index in [9.17, 15) is 13.5 Å². The summed E-state index contributed by atoms with van der Waals surface area (Å²) in [5.74, 6) is 0.0185. The summed E-state index contributed by atoms with van der Waals surface area (Å²) in [6.07, 6.45) is 0. The lowest BCUT2D eigenvalue weighted by Crippen LogP contribution is -2.40. The van der Waals surface area contributed by atoms with Crippen LogP contribution in [0.5, 0.6) is 5.75 Å². The van der Waals surface area contributed by atoms with Crippen LogP contribution in [-0.2, 0) is 14.8 Å². The highest BCUT2D eigenvalue weighted by atomic mass is 32.2. The van der Waals surface area contributed by atoms with Gasteiger partial charge < -0.3 is 9.84 Å². The second-order valence-electron chi connectivity index (χ2n) is 6.78. The molecule has 0 saturated carbocycles. The maximum atomic E-state index is 12.7. The molecule has 7 nitrogen and oxygen atoms in total. The standard InChI is InChI=1S/C22H21N3O4S/c26-22-11-6-18(17-4-2-1-3-5-17)16-21(22)24-23-19-7-9-20(10-8-19)30(27,28)25-12-14-29-15-13-25/h1-11,16,26H,12-15H2. The van der Waals surface area contributed by atoms with Gasteiger partial charge in [0.05, 0.1) is 23.8 Å². The minimum absolute atomic E-state index is 0.0185. The summed E-state index contributed by atoms with van der Waals surface area (Å²) in [6, 6.07) is 21.1. The van der Waals surface area contributed by atoms with Gasteiger partial charge in [0, 0.05) is 13.1 Å². The van der Waals surface area contributed by atoms with Crippen LogP contribution in [0.25, 0.3) is 11.1 Å². The number of phenols is 1. The predicted octanol–water partition coefficient (Wildman–Crippen LogP) is 4.50. The number of azo groups is 1. The van der Waals surface area contributed by atoms with Crippen LogP contribution in [0, 0.1) is 0 Å². The van der Waals surface area contributed by atoms with Crippen LogP contribution in [0.1, 0.15) is 0 Å². The molecule has 30 heavy (non-hydrogen) atoms. The van der Waals surface area contributed by atoms with Crippen molar-refractivity contribution in [2.24, 2.45) is 10.2 Å². The number of hydrogen-bond donors (Lipinski definition) is 1. The highest BCUT2D eigenvalue weighted by Crippen LogP contribution is 2.33. The van der Waals surface area contributed by atoms with Crippen molar-refractivity contribution >= 4 is 21.4 Å². The highest BCUT2D eigenvalue weighted by molar-refractivity contribution is 7.89. The molecule has 1 saturated heterocycles. The average Bonchev–Trinajstić information content (AvgIpc) is 2.80. The van der Waals surface area contributed by atoms with E-state index in [0.717, 1.165) is 11.1 Å². The van der Waals surface area contributed by atoms with Crippen molar-refractivity contribution in [3.8, 4) is 16.9 Å². The molecule has 0 bridgehead atoms. The van der Waals surface area contributed by atoms with Gasteiger partial charge in [0.2, 0.25) is 10.0 Å². The summed E-state index contributed by atoms with van der Waals surface area (Å²) in [4.78, 5) is 0.206. The molecule has 0 amide bonds. The number of hydrogen-bond acceptors (Lipinski definition) is 6. The van der Waals surface area contributed by atoms with Crippen molar-refractivity contribution in [2.45, 2.75) is 4.90 Å². The zero-order valence-corrected chi connectivity index (χ0v) is 17.0. The van der Waals surface area contributed by atoms with Gasteiger partial charge in [0.15, 0.2) is 0 Å². The Morgan fingerprint density at radius 2 is 1.53 bits per heavy atom. The molecule has 1 N–H and O–H groups in total. The largest absolute Gasteiger partial charge is 0.506 e. The number of ether oxygens (including phenoxy) is 1. The highest BCUT2D eigenvalue weighted by Gasteiger charge is 2.26. The molecular formula is C22H21N3O4S. The zero-order chi connectivity index (χ0) is 21.0. The second kappa shape index (κ2) is 8.74. The lowest BCUT2D eigenvalue weighted by Gasteiger charge is -2.25. The Kier molecular flexibility index (Phi) is 5.89. The average molecular weight is 423 g/mol. The summed E-state index contributed by atoms with van der Waals surface area (Å²) in [5.41, 5.74) is 2.74. The van der Waals surface area contributed by atoms with Gasteiger partial charge in [0.25, 0.3) is 0 Å². The van der Waals surface area contributed by atoms with Gasteiger partial charge in [-0.1, -0.05) is 36.4 Å². The summed E-state index contributed by atoms with van der Waals surface area (Å²) in [5, 5.41) is 18.4. The molecule has 3 aromatic rings. The van der Waals surface area contributed by atoms with Crippen molar-refractivity contribution < 1.29 is 18.3 Å². The molecule has 4 rings (SSSR count). The molecule has 1 fully saturated rings. The molecule has 154 valence electrons. The topological polar surface area (TPSA) is 91.6 Å². The third-order valence-corrected chi connectivity index (χ3v) is 6.71. The van der Waals surface area contributed by atoms with E-state index < -0.39 is 10.0 Å². The van der Waals surface area contributed by atoms with Crippen molar-refractivity contribution in [1.82, 2.24) is 4.31 Å². The Hall–Kier alpha value is -3.07. The van der Waals surface area contributed by atoms with E-state index in [0.29, 0.717) is 37.7 Å². The van der Waals surface area contributed by atoms with E-state index in [2.05, 4.69) is 10.2 Å². The number of aromatic hydroxyl groups is 1. The van der Waals surface area contributed by atoms with Gasteiger partial charge in [-0.05, 0) is 47.5 Å². The van der Waals surface area contributed by atoms with E-state index in [1.165, 1.54) is 16.4 Å². The smallest absolute Gasteiger partial charge is 0.243 e.